The Morgan fingerprint density at radius 1 is 0.923 bits per heavy atom. The fourth-order valence-electron chi connectivity index (χ4n) is 0.932. The Balaban J connectivity index is 2.16. The molecule has 2 aromatic heterocycles. The maximum Gasteiger partial charge on any atom is 0.150 e. The molecule has 0 atom stereocenters. The Hall–Kier alpha value is -1.97. The van der Waals surface area contributed by atoms with Crippen molar-refractivity contribution in [2.24, 2.45) is 0 Å². The van der Waals surface area contributed by atoms with E-state index in [-0.39, 0.29) is 0 Å². The average molecular weight is 172 g/mol. The van der Waals surface area contributed by atoms with Crippen molar-refractivity contribution < 1.29 is 0 Å². The van der Waals surface area contributed by atoms with Gasteiger partial charge in [0.1, 0.15) is 11.6 Å². The highest BCUT2D eigenvalue weighted by molar-refractivity contribution is 5.49. The lowest BCUT2D eigenvalue weighted by Gasteiger charge is -2.01. The lowest BCUT2D eigenvalue weighted by atomic mass is 10.4. The van der Waals surface area contributed by atoms with E-state index in [0.717, 1.165) is 5.82 Å². The maximum atomic E-state index is 4.10. The molecule has 0 unspecified atom stereocenters. The summed E-state index contributed by atoms with van der Waals surface area (Å²) in [6.07, 6.45) is 6.63. The zero-order chi connectivity index (χ0) is 8.93. The summed E-state index contributed by atoms with van der Waals surface area (Å²) in [5.41, 5.74) is 0. The second-order valence-corrected chi connectivity index (χ2v) is 2.43. The van der Waals surface area contributed by atoms with Crippen LogP contribution in [0.15, 0.2) is 43.0 Å². The van der Waals surface area contributed by atoms with Gasteiger partial charge in [0.05, 0.1) is 6.20 Å². The Labute approximate surface area is 75.7 Å². The summed E-state index contributed by atoms with van der Waals surface area (Å²) in [6, 6.07) is 5.64. The number of hydrogen-bond donors (Lipinski definition) is 1. The minimum Gasteiger partial charge on any atom is -0.324 e. The summed E-state index contributed by atoms with van der Waals surface area (Å²) >= 11 is 0. The van der Waals surface area contributed by atoms with Crippen molar-refractivity contribution in [2.45, 2.75) is 0 Å². The molecule has 0 aromatic carbocycles. The molecule has 0 fully saturated rings. The van der Waals surface area contributed by atoms with Gasteiger partial charge in [-0.1, -0.05) is 6.07 Å². The fraction of sp³-hybridized carbons (Fsp3) is 0. The van der Waals surface area contributed by atoms with E-state index < -0.39 is 0 Å². The van der Waals surface area contributed by atoms with Crippen LogP contribution in [0.1, 0.15) is 0 Å². The van der Waals surface area contributed by atoms with Gasteiger partial charge in [-0.05, 0) is 12.1 Å². The second-order valence-electron chi connectivity index (χ2n) is 2.43. The van der Waals surface area contributed by atoms with Gasteiger partial charge < -0.3 is 5.32 Å². The van der Waals surface area contributed by atoms with Crippen LogP contribution < -0.4 is 5.32 Å². The van der Waals surface area contributed by atoms with Gasteiger partial charge in [-0.25, -0.2) is 9.97 Å². The first-order valence-corrected chi connectivity index (χ1v) is 3.89. The number of anilines is 2. The van der Waals surface area contributed by atoms with E-state index in [1.165, 1.54) is 0 Å². The van der Waals surface area contributed by atoms with Crippen LogP contribution in [0.5, 0.6) is 0 Å². The monoisotopic (exact) mass is 172 g/mol. The second kappa shape index (κ2) is 3.62. The molecule has 0 amide bonds. The molecule has 64 valence electrons. The molecular weight excluding hydrogens is 164 g/mol. The van der Waals surface area contributed by atoms with E-state index in [0.29, 0.717) is 5.82 Å². The molecule has 0 aliphatic heterocycles. The quantitative estimate of drug-likeness (QED) is 0.747. The Morgan fingerprint density at radius 3 is 2.54 bits per heavy atom. The van der Waals surface area contributed by atoms with E-state index >= 15 is 0 Å². The van der Waals surface area contributed by atoms with Crippen molar-refractivity contribution in [1.82, 2.24) is 15.0 Å². The molecule has 4 nitrogen and oxygen atoms in total. The van der Waals surface area contributed by atoms with Crippen molar-refractivity contribution in [3.63, 3.8) is 0 Å². The maximum absolute atomic E-state index is 4.10. The van der Waals surface area contributed by atoms with Crippen LogP contribution in [-0.4, -0.2) is 15.0 Å². The zero-order valence-corrected chi connectivity index (χ0v) is 6.88. The van der Waals surface area contributed by atoms with Crippen molar-refractivity contribution in [3.05, 3.63) is 43.0 Å². The molecule has 0 aliphatic carbocycles. The molecular formula is C9H8N4. The highest BCUT2D eigenvalue weighted by atomic mass is 15.1. The van der Waals surface area contributed by atoms with Crippen molar-refractivity contribution in [2.75, 3.05) is 5.32 Å². The summed E-state index contributed by atoms with van der Waals surface area (Å²) in [5.74, 6) is 1.46. The molecule has 0 spiro atoms. The molecule has 0 aliphatic rings. The third-order valence-corrected chi connectivity index (χ3v) is 1.48. The molecule has 1 N–H and O–H groups in total. The van der Waals surface area contributed by atoms with Gasteiger partial charge in [0.15, 0.2) is 0 Å². The first kappa shape index (κ1) is 7.67. The lowest BCUT2D eigenvalue weighted by molar-refractivity contribution is 1.18. The van der Waals surface area contributed by atoms with Crippen LogP contribution >= 0.6 is 0 Å². The SMILES string of the molecule is c1ccc(Nc2cnccn2)nc1. The van der Waals surface area contributed by atoms with Crippen molar-refractivity contribution >= 4 is 11.6 Å². The summed E-state index contributed by atoms with van der Waals surface area (Å²) in [4.78, 5) is 12.1. The minimum atomic E-state index is 0.696. The summed E-state index contributed by atoms with van der Waals surface area (Å²) in [7, 11) is 0. The highest BCUT2D eigenvalue weighted by Crippen LogP contribution is 2.07. The van der Waals surface area contributed by atoms with Crippen molar-refractivity contribution in [1.29, 1.82) is 0 Å². The fourth-order valence-corrected chi connectivity index (χ4v) is 0.932. The number of pyridine rings is 1. The smallest absolute Gasteiger partial charge is 0.150 e. The zero-order valence-electron chi connectivity index (χ0n) is 6.88. The standard InChI is InChI=1S/C9H8N4/c1-2-4-11-8(3-1)13-9-7-10-5-6-12-9/h1-7H,(H,11,12,13). The van der Waals surface area contributed by atoms with E-state index in [1.807, 2.05) is 18.2 Å². The average Bonchev–Trinajstić information content (AvgIpc) is 2.21. The number of nitrogens with zero attached hydrogens (tertiary/aromatic N) is 3. The third kappa shape index (κ3) is 1.99. The molecule has 2 aromatic rings. The van der Waals surface area contributed by atoms with Gasteiger partial charge in [-0.2, -0.15) is 0 Å². The van der Waals surface area contributed by atoms with Gasteiger partial charge in [-0.3, -0.25) is 4.98 Å². The normalized spacial score (nSPS) is 9.54. The Bertz CT molecular complexity index is 322. The third-order valence-electron chi connectivity index (χ3n) is 1.48. The van der Waals surface area contributed by atoms with Crippen LogP contribution in [0.2, 0.25) is 0 Å². The van der Waals surface area contributed by atoms with E-state index in [1.54, 1.807) is 24.8 Å². The summed E-state index contributed by atoms with van der Waals surface area (Å²) in [6.45, 7) is 0. The van der Waals surface area contributed by atoms with Crippen LogP contribution in [0.4, 0.5) is 11.6 Å². The van der Waals surface area contributed by atoms with Crippen molar-refractivity contribution in [3.8, 4) is 0 Å². The van der Waals surface area contributed by atoms with Crippen LogP contribution in [0.25, 0.3) is 0 Å². The highest BCUT2D eigenvalue weighted by Gasteiger charge is 1.93. The van der Waals surface area contributed by atoms with Gasteiger partial charge in [0, 0.05) is 18.6 Å². The summed E-state index contributed by atoms with van der Waals surface area (Å²) in [5, 5.41) is 3.02. The molecule has 2 heterocycles. The largest absolute Gasteiger partial charge is 0.324 e. The predicted molar refractivity (Wildman–Crippen MR) is 49.6 cm³/mol. The molecule has 0 saturated carbocycles. The summed E-state index contributed by atoms with van der Waals surface area (Å²) < 4.78 is 0. The number of nitrogens with one attached hydrogen (secondary N) is 1. The molecule has 0 radical (unpaired) electrons. The van der Waals surface area contributed by atoms with Gasteiger partial charge in [-0.15, -0.1) is 0 Å². The van der Waals surface area contributed by atoms with Gasteiger partial charge in [0.2, 0.25) is 0 Å². The lowest BCUT2D eigenvalue weighted by Crippen LogP contribution is -1.94. The van der Waals surface area contributed by atoms with Gasteiger partial charge in [0.25, 0.3) is 0 Å². The molecule has 0 saturated heterocycles. The predicted octanol–water partition coefficient (Wildman–Crippen LogP) is 1.62. The van der Waals surface area contributed by atoms with Crippen LogP contribution in [-0.2, 0) is 0 Å². The number of aromatic nitrogens is 3. The van der Waals surface area contributed by atoms with Crippen LogP contribution in [0, 0.1) is 0 Å². The van der Waals surface area contributed by atoms with E-state index in [9.17, 15) is 0 Å². The van der Waals surface area contributed by atoms with E-state index in [4.69, 9.17) is 0 Å². The Morgan fingerprint density at radius 2 is 1.85 bits per heavy atom. The Kier molecular flexibility index (Phi) is 2.14. The topological polar surface area (TPSA) is 50.7 Å². The minimum absolute atomic E-state index is 0.696. The van der Waals surface area contributed by atoms with Crippen LogP contribution in [0.3, 0.4) is 0 Å². The first-order chi connectivity index (χ1) is 6.45. The molecule has 4 heteroatoms. The first-order valence-electron chi connectivity index (χ1n) is 3.89. The molecule has 13 heavy (non-hydrogen) atoms. The molecule has 2 rings (SSSR count). The molecule has 0 bridgehead atoms. The number of rotatable bonds is 2. The van der Waals surface area contributed by atoms with E-state index in [2.05, 4.69) is 20.3 Å². The number of hydrogen-bond acceptors (Lipinski definition) is 4. The van der Waals surface area contributed by atoms with Gasteiger partial charge >= 0.3 is 0 Å².